The second-order valence-corrected chi connectivity index (χ2v) is 2.67. The van der Waals surface area contributed by atoms with Gasteiger partial charge < -0.3 is 5.32 Å². The van der Waals surface area contributed by atoms with Gasteiger partial charge in [-0.3, -0.25) is 4.79 Å². The van der Waals surface area contributed by atoms with Crippen LogP contribution in [0.3, 0.4) is 0 Å². The predicted molar refractivity (Wildman–Crippen MR) is 45.5 cm³/mol. The van der Waals surface area contributed by atoms with Crippen LogP contribution in [-0.4, -0.2) is 26.1 Å². The minimum absolute atomic E-state index is 0.199. The third kappa shape index (κ3) is 2.36. The van der Waals surface area contributed by atoms with Gasteiger partial charge in [0, 0.05) is 5.57 Å². The molecule has 0 atom stereocenters. The summed E-state index contributed by atoms with van der Waals surface area (Å²) in [5, 5.41) is 13.4. The number of aromatic nitrogens is 4. The minimum Gasteiger partial charge on any atom is -0.333 e. The van der Waals surface area contributed by atoms with E-state index in [0.717, 1.165) is 0 Å². The largest absolute Gasteiger partial charge is 0.333 e. The second kappa shape index (κ2) is 3.79. The third-order valence-electron chi connectivity index (χ3n) is 1.49. The Bertz CT molecular complexity index is 329. The normalized spacial score (nSPS) is 9.69. The summed E-state index contributed by atoms with van der Waals surface area (Å²) in [6.45, 7) is 7.17. The van der Waals surface area contributed by atoms with Crippen LogP contribution >= 0.6 is 0 Å². The predicted octanol–water partition coefficient (Wildman–Crippen LogP) is -0.369. The van der Waals surface area contributed by atoms with Crippen LogP contribution in [0.1, 0.15) is 12.7 Å². The maximum absolute atomic E-state index is 11.1. The molecule has 1 aromatic rings. The van der Waals surface area contributed by atoms with Gasteiger partial charge in [0.1, 0.15) is 12.5 Å². The summed E-state index contributed by atoms with van der Waals surface area (Å²) < 4.78 is 1.49. The molecule has 0 spiro atoms. The fourth-order valence-corrected chi connectivity index (χ4v) is 0.693. The SMILES string of the molecule is C=C(C)C(=O)NCn1nnnc1C. The quantitative estimate of drug-likeness (QED) is 0.646. The number of nitrogens with one attached hydrogen (secondary N) is 1. The van der Waals surface area contributed by atoms with Crippen LogP contribution in [0.4, 0.5) is 0 Å². The number of tetrazole rings is 1. The Kier molecular flexibility index (Phi) is 2.73. The smallest absolute Gasteiger partial charge is 0.247 e. The van der Waals surface area contributed by atoms with E-state index in [4.69, 9.17) is 0 Å². The van der Waals surface area contributed by atoms with E-state index in [2.05, 4.69) is 27.4 Å². The van der Waals surface area contributed by atoms with Crippen molar-refractivity contribution < 1.29 is 4.79 Å². The number of carbonyl (C=O) groups excluding carboxylic acids is 1. The second-order valence-electron chi connectivity index (χ2n) is 2.67. The lowest BCUT2D eigenvalue weighted by Gasteiger charge is -2.03. The lowest BCUT2D eigenvalue weighted by atomic mass is 10.3. The van der Waals surface area contributed by atoms with Gasteiger partial charge in [0.05, 0.1) is 0 Å². The van der Waals surface area contributed by atoms with E-state index < -0.39 is 0 Å². The first-order chi connectivity index (χ1) is 6.11. The minimum atomic E-state index is -0.199. The van der Waals surface area contributed by atoms with Crippen molar-refractivity contribution in [3.63, 3.8) is 0 Å². The molecule has 0 fully saturated rings. The molecular formula is C7H11N5O. The Balaban J connectivity index is 2.48. The highest BCUT2D eigenvalue weighted by molar-refractivity contribution is 5.91. The first kappa shape index (κ1) is 9.37. The molecule has 13 heavy (non-hydrogen) atoms. The molecule has 1 amide bonds. The lowest BCUT2D eigenvalue weighted by Crippen LogP contribution is -2.27. The van der Waals surface area contributed by atoms with Crippen molar-refractivity contribution in [3.8, 4) is 0 Å². The van der Waals surface area contributed by atoms with Crippen LogP contribution in [0.2, 0.25) is 0 Å². The molecule has 1 aromatic heterocycles. The van der Waals surface area contributed by atoms with Crippen LogP contribution in [0.25, 0.3) is 0 Å². The summed E-state index contributed by atoms with van der Waals surface area (Å²) >= 11 is 0. The number of amides is 1. The fourth-order valence-electron chi connectivity index (χ4n) is 0.693. The Labute approximate surface area is 75.6 Å². The van der Waals surface area contributed by atoms with E-state index in [9.17, 15) is 4.79 Å². The summed E-state index contributed by atoms with van der Waals surface area (Å²) in [4.78, 5) is 11.1. The highest BCUT2D eigenvalue weighted by Crippen LogP contribution is 1.88. The van der Waals surface area contributed by atoms with E-state index in [1.54, 1.807) is 13.8 Å². The molecule has 1 heterocycles. The van der Waals surface area contributed by atoms with E-state index in [0.29, 0.717) is 11.4 Å². The van der Waals surface area contributed by atoms with Crippen molar-refractivity contribution in [2.45, 2.75) is 20.5 Å². The molecule has 1 N–H and O–H groups in total. The van der Waals surface area contributed by atoms with Gasteiger partial charge >= 0.3 is 0 Å². The van der Waals surface area contributed by atoms with Crippen molar-refractivity contribution in [1.82, 2.24) is 25.5 Å². The maximum Gasteiger partial charge on any atom is 0.247 e. The highest BCUT2D eigenvalue weighted by Gasteiger charge is 2.03. The van der Waals surface area contributed by atoms with Gasteiger partial charge in [0.2, 0.25) is 5.91 Å². The summed E-state index contributed by atoms with van der Waals surface area (Å²) in [5.74, 6) is 0.455. The molecule has 0 aliphatic rings. The maximum atomic E-state index is 11.1. The summed E-state index contributed by atoms with van der Waals surface area (Å²) in [6, 6.07) is 0. The van der Waals surface area contributed by atoms with Crippen LogP contribution in [0, 0.1) is 6.92 Å². The van der Waals surface area contributed by atoms with E-state index in [1.807, 2.05) is 0 Å². The van der Waals surface area contributed by atoms with Crippen LogP contribution in [0.5, 0.6) is 0 Å². The van der Waals surface area contributed by atoms with Crippen molar-refractivity contribution in [1.29, 1.82) is 0 Å². The average Bonchev–Trinajstić information content (AvgIpc) is 2.47. The van der Waals surface area contributed by atoms with E-state index in [-0.39, 0.29) is 12.6 Å². The number of nitrogens with zero attached hydrogens (tertiary/aromatic N) is 4. The third-order valence-corrected chi connectivity index (χ3v) is 1.49. The Morgan fingerprint density at radius 2 is 2.38 bits per heavy atom. The van der Waals surface area contributed by atoms with Gasteiger partial charge in [-0.2, -0.15) is 0 Å². The van der Waals surface area contributed by atoms with E-state index >= 15 is 0 Å². The molecular weight excluding hydrogens is 170 g/mol. The van der Waals surface area contributed by atoms with E-state index in [1.165, 1.54) is 4.68 Å². The van der Waals surface area contributed by atoms with Gasteiger partial charge in [0.25, 0.3) is 0 Å². The molecule has 0 aromatic carbocycles. The van der Waals surface area contributed by atoms with Gasteiger partial charge in [-0.05, 0) is 24.3 Å². The van der Waals surface area contributed by atoms with Crippen molar-refractivity contribution in [3.05, 3.63) is 18.0 Å². The van der Waals surface area contributed by atoms with Crippen molar-refractivity contribution in [2.24, 2.45) is 0 Å². The molecule has 6 heteroatoms. The van der Waals surface area contributed by atoms with Crippen molar-refractivity contribution in [2.75, 3.05) is 0 Å². The number of hydrogen-bond donors (Lipinski definition) is 1. The molecule has 0 saturated heterocycles. The zero-order valence-electron chi connectivity index (χ0n) is 7.61. The van der Waals surface area contributed by atoms with Gasteiger partial charge in [-0.15, -0.1) is 5.10 Å². The zero-order valence-corrected chi connectivity index (χ0v) is 7.61. The number of carbonyl (C=O) groups is 1. The average molecular weight is 181 g/mol. The standard InChI is InChI=1S/C7H11N5O/c1-5(2)7(13)8-4-12-6(3)9-10-11-12/h1,4H2,2-3H3,(H,8,13). The van der Waals surface area contributed by atoms with Crippen LogP contribution in [0.15, 0.2) is 12.2 Å². The zero-order chi connectivity index (χ0) is 9.84. The van der Waals surface area contributed by atoms with Gasteiger partial charge in [-0.1, -0.05) is 6.58 Å². The molecule has 0 aliphatic heterocycles. The van der Waals surface area contributed by atoms with Crippen LogP contribution < -0.4 is 5.32 Å². The first-order valence-corrected chi connectivity index (χ1v) is 3.77. The molecule has 6 nitrogen and oxygen atoms in total. The summed E-state index contributed by atoms with van der Waals surface area (Å²) in [7, 11) is 0. The van der Waals surface area contributed by atoms with Gasteiger partial charge in [0.15, 0.2) is 0 Å². The Morgan fingerprint density at radius 3 is 2.85 bits per heavy atom. The van der Waals surface area contributed by atoms with Crippen LogP contribution in [-0.2, 0) is 11.5 Å². The number of aryl methyl sites for hydroxylation is 1. The number of rotatable bonds is 3. The molecule has 0 radical (unpaired) electrons. The van der Waals surface area contributed by atoms with Gasteiger partial charge in [-0.25, -0.2) is 4.68 Å². The molecule has 70 valence electrons. The molecule has 0 bridgehead atoms. The summed E-state index contributed by atoms with van der Waals surface area (Å²) in [6.07, 6.45) is 0. The fraction of sp³-hybridized carbons (Fsp3) is 0.429. The summed E-state index contributed by atoms with van der Waals surface area (Å²) in [5.41, 5.74) is 0.464. The Hall–Kier alpha value is -1.72. The first-order valence-electron chi connectivity index (χ1n) is 3.77. The lowest BCUT2D eigenvalue weighted by molar-refractivity contribution is -0.118. The molecule has 0 aliphatic carbocycles. The highest BCUT2D eigenvalue weighted by atomic mass is 16.1. The topological polar surface area (TPSA) is 72.7 Å². The van der Waals surface area contributed by atoms with Crippen molar-refractivity contribution >= 4 is 5.91 Å². The monoisotopic (exact) mass is 181 g/mol. The number of hydrogen-bond acceptors (Lipinski definition) is 4. The Morgan fingerprint density at radius 1 is 1.69 bits per heavy atom. The molecule has 0 unspecified atom stereocenters. The molecule has 0 saturated carbocycles. The molecule has 1 rings (SSSR count).